The van der Waals surface area contributed by atoms with Crippen molar-refractivity contribution in [1.82, 2.24) is 5.32 Å². The number of amidine groups is 1. The molecule has 0 aromatic heterocycles. The summed E-state index contributed by atoms with van der Waals surface area (Å²) in [7, 11) is 0. The number of amides is 1. The summed E-state index contributed by atoms with van der Waals surface area (Å²) in [6.07, 6.45) is -0.311. The zero-order valence-corrected chi connectivity index (χ0v) is 15.2. The number of benzene rings is 3. The van der Waals surface area contributed by atoms with Gasteiger partial charge >= 0.3 is 0 Å². The van der Waals surface area contributed by atoms with E-state index in [4.69, 9.17) is 10.5 Å². The van der Waals surface area contributed by atoms with Gasteiger partial charge in [0, 0.05) is 0 Å². The van der Waals surface area contributed by atoms with Gasteiger partial charge in [0.25, 0.3) is 5.91 Å². The summed E-state index contributed by atoms with van der Waals surface area (Å²) in [6, 6.07) is 27.3. The van der Waals surface area contributed by atoms with Crippen LogP contribution in [0.4, 0.5) is 5.69 Å². The highest BCUT2D eigenvalue weighted by Crippen LogP contribution is 2.30. The third kappa shape index (κ3) is 3.81. The van der Waals surface area contributed by atoms with Crippen molar-refractivity contribution in [3.05, 3.63) is 96.1 Å². The molecule has 3 N–H and O–H groups in total. The Morgan fingerprint density at radius 1 is 1.00 bits per heavy atom. The second-order valence-electron chi connectivity index (χ2n) is 6.39. The van der Waals surface area contributed by atoms with E-state index in [0.717, 1.165) is 22.6 Å². The molecule has 0 saturated heterocycles. The van der Waals surface area contributed by atoms with Crippen molar-refractivity contribution in [3.63, 3.8) is 0 Å². The first kappa shape index (κ1) is 17.6. The van der Waals surface area contributed by atoms with Gasteiger partial charge in [-0.1, -0.05) is 60.7 Å². The topological polar surface area (TPSA) is 80.0 Å². The van der Waals surface area contributed by atoms with E-state index < -0.39 is 5.91 Å². The fourth-order valence-electron chi connectivity index (χ4n) is 3.04. The lowest BCUT2D eigenvalue weighted by Crippen LogP contribution is -2.36. The maximum Gasteiger partial charge on any atom is 0.286 e. The molecular weight excluding hydrogens is 352 g/mol. The molecule has 3 aromatic rings. The molecule has 1 heterocycles. The van der Waals surface area contributed by atoms with Gasteiger partial charge in [-0.15, -0.1) is 5.10 Å². The first-order valence-corrected chi connectivity index (χ1v) is 8.96. The van der Waals surface area contributed by atoms with Crippen molar-refractivity contribution < 1.29 is 9.53 Å². The van der Waals surface area contributed by atoms with Crippen molar-refractivity contribution in [1.29, 1.82) is 0 Å². The van der Waals surface area contributed by atoms with Gasteiger partial charge < -0.3 is 15.8 Å². The van der Waals surface area contributed by atoms with Gasteiger partial charge in [0.1, 0.15) is 18.5 Å². The number of hydrazone groups is 1. The van der Waals surface area contributed by atoms with Crippen molar-refractivity contribution in [2.45, 2.75) is 12.8 Å². The van der Waals surface area contributed by atoms with Crippen LogP contribution in [0.15, 0.2) is 90.0 Å². The Bertz CT molecular complexity index is 990. The molecule has 0 unspecified atom stereocenters. The van der Waals surface area contributed by atoms with E-state index >= 15 is 0 Å². The highest BCUT2D eigenvalue weighted by atomic mass is 16.5. The van der Waals surface area contributed by atoms with Crippen molar-refractivity contribution in [2.75, 3.05) is 5.01 Å². The van der Waals surface area contributed by atoms with E-state index in [1.54, 1.807) is 5.01 Å². The lowest BCUT2D eigenvalue weighted by atomic mass is 10.1. The molecule has 6 heteroatoms. The Morgan fingerprint density at radius 3 is 2.43 bits per heavy atom. The minimum absolute atomic E-state index is 0.139. The summed E-state index contributed by atoms with van der Waals surface area (Å²) in [6.45, 7) is 0.432. The molecule has 1 atom stereocenters. The number of hydrogen-bond donors (Lipinski definition) is 2. The Morgan fingerprint density at radius 2 is 1.71 bits per heavy atom. The molecule has 6 nitrogen and oxygen atoms in total. The number of ether oxygens (including phenoxy) is 1. The molecule has 0 saturated carbocycles. The number of hydrogen-bond acceptors (Lipinski definition) is 5. The molecule has 140 valence electrons. The van der Waals surface area contributed by atoms with Crippen LogP contribution in [0, 0.1) is 0 Å². The smallest absolute Gasteiger partial charge is 0.286 e. The molecule has 0 bridgehead atoms. The molecule has 4 rings (SSSR count). The average molecular weight is 372 g/mol. The van der Waals surface area contributed by atoms with Gasteiger partial charge in [-0.2, -0.15) is 0 Å². The molecule has 1 aliphatic heterocycles. The van der Waals surface area contributed by atoms with Crippen LogP contribution in [-0.4, -0.2) is 11.7 Å². The summed E-state index contributed by atoms with van der Waals surface area (Å²) in [5.41, 5.74) is 8.26. The fraction of sp³-hybridized carbons (Fsp3) is 0.0909. The molecule has 1 aliphatic rings. The molecule has 0 radical (unpaired) electrons. The van der Waals surface area contributed by atoms with E-state index in [0.29, 0.717) is 6.61 Å². The van der Waals surface area contributed by atoms with Crippen LogP contribution in [0.1, 0.15) is 17.3 Å². The van der Waals surface area contributed by atoms with E-state index in [2.05, 4.69) is 10.4 Å². The molecular formula is C22H20N4O2. The second-order valence-corrected chi connectivity index (χ2v) is 6.39. The van der Waals surface area contributed by atoms with Gasteiger partial charge in [0.2, 0.25) is 5.84 Å². The van der Waals surface area contributed by atoms with Gasteiger partial charge in [-0.05, 0) is 35.4 Å². The van der Waals surface area contributed by atoms with Crippen molar-refractivity contribution in [3.8, 4) is 5.75 Å². The summed E-state index contributed by atoms with van der Waals surface area (Å²) in [4.78, 5) is 11.7. The number of primary amides is 1. The van der Waals surface area contributed by atoms with Gasteiger partial charge in [0.15, 0.2) is 0 Å². The maximum absolute atomic E-state index is 11.7. The molecule has 28 heavy (non-hydrogen) atoms. The Hall–Kier alpha value is -3.80. The summed E-state index contributed by atoms with van der Waals surface area (Å²) >= 11 is 0. The molecule has 3 aromatic carbocycles. The minimum atomic E-state index is -0.591. The lowest BCUT2D eigenvalue weighted by Gasteiger charge is -2.24. The minimum Gasteiger partial charge on any atom is -0.489 e. The maximum atomic E-state index is 11.7. The average Bonchev–Trinajstić information content (AvgIpc) is 3.20. The molecule has 1 amide bonds. The van der Waals surface area contributed by atoms with Gasteiger partial charge in [-0.3, -0.25) is 4.79 Å². The third-order valence-electron chi connectivity index (χ3n) is 4.40. The van der Waals surface area contributed by atoms with Crippen LogP contribution in [0.3, 0.4) is 0 Å². The van der Waals surface area contributed by atoms with Crippen LogP contribution < -0.4 is 20.8 Å². The first-order valence-electron chi connectivity index (χ1n) is 8.96. The van der Waals surface area contributed by atoms with E-state index in [9.17, 15) is 4.79 Å². The van der Waals surface area contributed by atoms with Crippen LogP contribution >= 0.6 is 0 Å². The number of nitrogens with one attached hydrogen (secondary N) is 1. The Kier molecular flexibility index (Phi) is 4.93. The van der Waals surface area contributed by atoms with Crippen LogP contribution in [0.5, 0.6) is 5.75 Å². The summed E-state index contributed by atoms with van der Waals surface area (Å²) in [5, 5.41) is 9.27. The number of carbonyl (C=O) groups is 1. The van der Waals surface area contributed by atoms with Crippen LogP contribution in [-0.2, 0) is 11.4 Å². The highest BCUT2D eigenvalue weighted by molar-refractivity contribution is 6.38. The predicted octanol–water partition coefficient (Wildman–Crippen LogP) is 3.17. The van der Waals surface area contributed by atoms with Gasteiger partial charge in [0.05, 0.1) is 5.69 Å². The van der Waals surface area contributed by atoms with Crippen LogP contribution in [0.2, 0.25) is 0 Å². The van der Waals surface area contributed by atoms with E-state index in [1.807, 2.05) is 84.9 Å². The fourth-order valence-corrected chi connectivity index (χ4v) is 3.04. The quantitative estimate of drug-likeness (QED) is 0.696. The number of carbonyl (C=O) groups excluding carboxylic acids is 1. The summed E-state index contributed by atoms with van der Waals surface area (Å²) < 4.78 is 5.84. The Balaban J connectivity index is 1.59. The van der Waals surface area contributed by atoms with Crippen molar-refractivity contribution >= 4 is 17.4 Å². The monoisotopic (exact) mass is 372 g/mol. The first-order chi connectivity index (χ1) is 13.7. The zero-order valence-electron chi connectivity index (χ0n) is 15.2. The number of rotatable bonds is 6. The van der Waals surface area contributed by atoms with E-state index in [-0.39, 0.29) is 12.0 Å². The van der Waals surface area contributed by atoms with Crippen LogP contribution in [0.25, 0.3) is 0 Å². The highest BCUT2D eigenvalue weighted by Gasteiger charge is 2.30. The number of nitrogens with zero attached hydrogens (tertiary/aromatic N) is 2. The lowest BCUT2D eigenvalue weighted by molar-refractivity contribution is -0.112. The molecule has 0 fully saturated rings. The van der Waals surface area contributed by atoms with Gasteiger partial charge in [-0.25, -0.2) is 5.01 Å². The molecule has 0 aliphatic carbocycles. The Labute approximate surface area is 163 Å². The number of anilines is 1. The van der Waals surface area contributed by atoms with Crippen molar-refractivity contribution in [2.24, 2.45) is 10.8 Å². The zero-order chi connectivity index (χ0) is 19.3. The number of nitrogens with two attached hydrogens (primary N) is 1. The number of para-hydroxylation sites is 1. The summed E-state index contributed by atoms with van der Waals surface area (Å²) in [5.74, 6) is 0.360. The SMILES string of the molecule is NC(=O)C1=NN(c2cccc(COc3ccccc3)c2)[C@H](c2ccccc2)N1. The third-order valence-corrected chi connectivity index (χ3v) is 4.40. The molecule has 0 spiro atoms. The largest absolute Gasteiger partial charge is 0.489 e. The normalized spacial score (nSPS) is 15.6. The standard InChI is InChI=1S/C22H20N4O2/c23-20(27)21-24-22(17-9-3-1-4-10-17)26(25-21)18-11-7-8-16(14-18)15-28-19-12-5-2-6-13-19/h1-14,22H,15H2,(H2,23,27)(H,24,25)/t22-/m1/s1. The predicted molar refractivity (Wildman–Crippen MR) is 109 cm³/mol. The van der Waals surface area contributed by atoms with E-state index in [1.165, 1.54) is 0 Å². The second kappa shape index (κ2) is 7.84.